The van der Waals surface area contributed by atoms with Crippen molar-refractivity contribution in [2.75, 3.05) is 52.8 Å². The second-order valence-corrected chi connectivity index (χ2v) is 10.3. The van der Waals surface area contributed by atoms with E-state index in [-0.39, 0.29) is 28.7 Å². The van der Waals surface area contributed by atoms with E-state index in [0.717, 1.165) is 38.4 Å². The molecule has 0 saturated carbocycles. The van der Waals surface area contributed by atoms with E-state index in [1.165, 1.54) is 35.8 Å². The fourth-order valence-electron chi connectivity index (χ4n) is 4.28. The molecule has 5 rings (SSSR count). The number of aryl methyl sites for hydroxylation is 1. The molecule has 45 heavy (non-hydrogen) atoms. The third-order valence-corrected chi connectivity index (χ3v) is 6.60. The molecule has 1 unspecified atom stereocenters. The van der Waals surface area contributed by atoms with Gasteiger partial charge in [-0.15, -0.1) is 0 Å². The van der Waals surface area contributed by atoms with Gasteiger partial charge in [-0.2, -0.15) is 13.2 Å². The van der Waals surface area contributed by atoms with Crippen LogP contribution >= 0.6 is 11.6 Å². The van der Waals surface area contributed by atoms with Gasteiger partial charge in [0.25, 0.3) is 0 Å². The summed E-state index contributed by atoms with van der Waals surface area (Å²) in [5, 5.41) is 8.21. The smallest absolute Gasteiger partial charge is 0.379 e. The molecule has 3 aromatic rings. The van der Waals surface area contributed by atoms with Crippen LogP contribution in [-0.4, -0.2) is 75.5 Å². The van der Waals surface area contributed by atoms with Gasteiger partial charge in [0.1, 0.15) is 18.2 Å². The number of rotatable bonds is 4. The number of hydrogen-bond acceptors (Lipinski definition) is 6. The van der Waals surface area contributed by atoms with Crippen molar-refractivity contribution >= 4 is 35.9 Å². The lowest BCUT2D eigenvalue weighted by molar-refractivity contribution is -0.137. The Hall–Kier alpha value is -3.85. The summed E-state index contributed by atoms with van der Waals surface area (Å²) in [6.45, 7) is 5.36. The van der Waals surface area contributed by atoms with Crippen molar-refractivity contribution in [3.63, 3.8) is 0 Å². The van der Waals surface area contributed by atoms with E-state index in [4.69, 9.17) is 16.3 Å². The van der Waals surface area contributed by atoms with Crippen LogP contribution in [0.15, 0.2) is 42.5 Å². The topological polar surface area (TPSA) is 105 Å². The zero-order chi connectivity index (χ0) is 33.7. The van der Waals surface area contributed by atoms with Gasteiger partial charge in [-0.05, 0) is 76.1 Å². The van der Waals surface area contributed by atoms with Crippen molar-refractivity contribution in [3.05, 3.63) is 87.2 Å². The van der Waals surface area contributed by atoms with Crippen LogP contribution < -0.4 is 16.0 Å². The maximum absolute atomic E-state index is 13.6. The van der Waals surface area contributed by atoms with Crippen molar-refractivity contribution in [1.29, 1.82) is 0 Å². The Kier molecular flexibility index (Phi) is 14.6. The number of carbonyl (C=O) groups excluding carboxylic acids is 3. The van der Waals surface area contributed by atoms with E-state index >= 15 is 0 Å². The summed E-state index contributed by atoms with van der Waals surface area (Å²) in [6, 6.07) is 6.91. The molecule has 2 aliphatic heterocycles. The maximum atomic E-state index is 13.6. The lowest BCUT2D eigenvalue weighted by atomic mass is 10.0. The first-order chi connectivity index (χ1) is 21.2. The predicted molar refractivity (Wildman–Crippen MR) is 160 cm³/mol. The second-order valence-electron chi connectivity index (χ2n) is 9.93. The van der Waals surface area contributed by atoms with E-state index in [0.29, 0.717) is 35.7 Å². The Bertz CT molecular complexity index is 1420. The number of morpholine rings is 1. The van der Waals surface area contributed by atoms with E-state index < -0.39 is 29.4 Å². The minimum Gasteiger partial charge on any atom is -0.379 e. The number of nitrogens with one attached hydrogen (secondary N) is 3. The zero-order valence-corrected chi connectivity index (χ0v) is 25.9. The highest BCUT2D eigenvalue weighted by Crippen LogP contribution is 2.37. The van der Waals surface area contributed by atoms with Gasteiger partial charge >= 0.3 is 6.18 Å². The van der Waals surface area contributed by atoms with Gasteiger partial charge in [0, 0.05) is 23.7 Å². The molecular formula is C30H35ClF5N5O4. The van der Waals surface area contributed by atoms with Gasteiger partial charge in [-0.3, -0.25) is 14.4 Å². The normalized spacial score (nSPS) is 15.9. The molecule has 2 aromatic carbocycles. The van der Waals surface area contributed by atoms with Crippen molar-refractivity contribution in [2.45, 2.75) is 25.7 Å². The van der Waals surface area contributed by atoms with Crippen LogP contribution in [0.3, 0.4) is 0 Å². The number of carbonyl (C=O) groups is 3. The van der Waals surface area contributed by atoms with Crippen LogP contribution in [0, 0.1) is 18.6 Å². The van der Waals surface area contributed by atoms with Crippen molar-refractivity contribution in [3.8, 4) is 0 Å². The highest BCUT2D eigenvalue weighted by atomic mass is 35.5. The van der Waals surface area contributed by atoms with E-state index in [2.05, 4.69) is 27.9 Å². The number of hydrogen-bond donors (Lipinski definition) is 3. The quantitative estimate of drug-likeness (QED) is 0.274. The molecule has 2 amide bonds. The second kappa shape index (κ2) is 17.6. The molecule has 0 aliphatic carbocycles. The van der Waals surface area contributed by atoms with Crippen LogP contribution in [0.4, 0.5) is 27.6 Å². The fraction of sp³-hybridized carbons (Fsp3) is 0.367. The molecule has 9 nitrogen and oxygen atoms in total. The number of halogens is 6. The zero-order valence-electron chi connectivity index (χ0n) is 25.1. The van der Waals surface area contributed by atoms with Crippen molar-refractivity contribution in [2.24, 2.45) is 0 Å². The number of fused-ring (bicyclic) bond motifs is 1. The Morgan fingerprint density at radius 3 is 2.18 bits per heavy atom. The monoisotopic (exact) mass is 659 g/mol. The van der Waals surface area contributed by atoms with Gasteiger partial charge in [0.05, 0.1) is 41.9 Å². The van der Waals surface area contributed by atoms with Crippen LogP contribution in [0.5, 0.6) is 0 Å². The van der Waals surface area contributed by atoms with E-state index in [1.807, 2.05) is 14.1 Å². The first kappa shape index (κ1) is 37.3. The largest absolute Gasteiger partial charge is 0.416 e. The number of aldehydes is 1. The van der Waals surface area contributed by atoms with Gasteiger partial charge in [0.15, 0.2) is 6.29 Å². The molecule has 15 heteroatoms. The number of likely N-dealkylation sites (N-methyl/N-ethyl adjacent to an activating group) is 1. The molecular weight excluding hydrogens is 625 g/mol. The highest BCUT2D eigenvalue weighted by Gasteiger charge is 2.33. The summed E-state index contributed by atoms with van der Waals surface area (Å²) < 4.78 is 68.6. The SMILES string of the molecule is CN1CCOCC1.CNC.Cc1cc(F)cc(C(F)(F)F)c1.O=CNc1cc(C=O)n2c1C(c1cc(F)ccc1Cl)NC(=O)C2. The molecule has 0 radical (unpaired) electrons. The van der Waals surface area contributed by atoms with Crippen molar-refractivity contribution in [1.82, 2.24) is 20.1 Å². The molecule has 3 N–H and O–H groups in total. The summed E-state index contributed by atoms with van der Waals surface area (Å²) in [5.74, 6) is -1.72. The number of benzene rings is 2. The number of anilines is 1. The molecule has 0 bridgehead atoms. The van der Waals surface area contributed by atoms with Crippen LogP contribution in [-0.2, 0) is 27.0 Å². The molecule has 1 saturated heterocycles. The highest BCUT2D eigenvalue weighted by molar-refractivity contribution is 6.31. The average molecular weight is 660 g/mol. The third kappa shape index (κ3) is 11.2. The molecule has 1 aromatic heterocycles. The minimum atomic E-state index is -4.47. The number of alkyl halides is 3. The summed E-state index contributed by atoms with van der Waals surface area (Å²) >= 11 is 6.13. The Balaban J connectivity index is 0.000000266. The number of nitrogens with zero attached hydrogens (tertiary/aromatic N) is 2. The molecule has 246 valence electrons. The minimum absolute atomic E-state index is 0.0760. The maximum Gasteiger partial charge on any atom is 0.416 e. The third-order valence-electron chi connectivity index (χ3n) is 6.26. The molecule has 1 fully saturated rings. The Morgan fingerprint density at radius 1 is 1.02 bits per heavy atom. The number of amides is 2. The van der Waals surface area contributed by atoms with Gasteiger partial charge in [-0.25, -0.2) is 8.78 Å². The van der Waals surface area contributed by atoms with E-state index in [1.54, 1.807) is 0 Å². The lowest BCUT2D eigenvalue weighted by Crippen LogP contribution is -2.39. The molecule has 2 aliphatic rings. The molecule has 3 heterocycles. The average Bonchev–Trinajstić information content (AvgIpc) is 3.32. The standard InChI is InChI=1S/C15H11ClFN3O3.C8H6F4.C5H11NO.C2H7N/c16-11-2-1-8(17)3-10(11)14-15-12(18-7-22)4-9(6-21)20(15)5-13(23)19-14;1-5-2-6(8(10,11)12)4-7(9)3-5;1-6-2-4-7-5-3-6;1-3-2/h1-4,6-7,14H,5H2,(H,18,22)(H,19,23);2-4H,1H3;2-5H2,1H3;3H,1-2H3. The van der Waals surface area contributed by atoms with Gasteiger partial charge in [0.2, 0.25) is 12.3 Å². The van der Waals surface area contributed by atoms with Crippen molar-refractivity contribution < 1.29 is 41.1 Å². The van der Waals surface area contributed by atoms with E-state index in [9.17, 15) is 36.3 Å². The van der Waals surface area contributed by atoms with Crippen LogP contribution in [0.1, 0.15) is 38.9 Å². The fourth-order valence-corrected chi connectivity index (χ4v) is 4.51. The molecule has 1 atom stereocenters. The molecule has 0 spiro atoms. The summed E-state index contributed by atoms with van der Waals surface area (Å²) in [5.41, 5.74) is 0.711. The van der Waals surface area contributed by atoms with Crippen LogP contribution in [0.2, 0.25) is 5.02 Å². The number of aromatic nitrogens is 1. The summed E-state index contributed by atoms with van der Waals surface area (Å²) in [6.07, 6.45) is -3.42. The van der Waals surface area contributed by atoms with Gasteiger partial charge < -0.3 is 30.2 Å². The predicted octanol–water partition coefficient (Wildman–Crippen LogP) is 4.82. The first-order valence-corrected chi connectivity index (χ1v) is 14.0. The van der Waals surface area contributed by atoms with Crippen LogP contribution in [0.25, 0.3) is 0 Å². The van der Waals surface area contributed by atoms with Gasteiger partial charge in [-0.1, -0.05) is 11.6 Å². The Labute approximate surface area is 262 Å². The first-order valence-electron chi connectivity index (χ1n) is 13.6. The number of ether oxygens (including phenoxy) is 1. The summed E-state index contributed by atoms with van der Waals surface area (Å²) in [4.78, 5) is 36.3. The summed E-state index contributed by atoms with van der Waals surface area (Å²) in [7, 11) is 5.86. The Morgan fingerprint density at radius 2 is 1.67 bits per heavy atom. The lowest BCUT2D eigenvalue weighted by Gasteiger charge is -2.28.